The average molecular weight is 458 g/mol. The SMILES string of the molecule is CCC(Nc1nsnc1Nc1cccc(C(=O)N2CCCC(O)C2)c1O)c1cc(C)co1. The van der Waals surface area contributed by atoms with Gasteiger partial charge in [0, 0.05) is 13.1 Å². The molecule has 0 radical (unpaired) electrons. The number of phenolic OH excluding ortho intramolecular Hbond substituents is 1. The molecule has 1 saturated heterocycles. The number of nitrogens with one attached hydrogen (secondary N) is 2. The summed E-state index contributed by atoms with van der Waals surface area (Å²) in [7, 11) is 0. The van der Waals surface area contributed by atoms with Crippen LogP contribution in [0.1, 0.15) is 53.9 Å². The molecule has 9 nitrogen and oxygen atoms in total. The zero-order chi connectivity index (χ0) is 22.7. The van der Waals surface area contributed by atoms with Crippen molar-refractivity contribution < 1.29 is 19.4 Å². The Morgan fingerprint density at radius 2 is 2.19 bits per heavy atom. The molecule has 0 spiro atoms. The maximum absolute atomic E-state index is 12.9. The summed E-state index contributed by atoms with van der Waals surface area (Å²) in [5.41, 5.74) is 1.58. The van der Waals surface area contributed by atoms with E-state index in [9.17, 15) is 15.0 Å². The zero-order valence-electron chi connectivity index (χ0n) is 18.0. The second-order valence-corrected chi connectivity index (χ2v) is 8.50. The number of benzene rings is 1. The van der Waals surface area contributed by atoms with Crippen molar-refractivity contribution in [3.63, 3.8) is 0 Å². The van der Waals surface area contributed by atoms with Gasteiger partial charge in [0.15, 0.2) is 17.4 Å². The third-order valence-corrected chi connectivity index (χ3v) is 6.03. The molecule has 0 aliphatic carbocycles. The third-order valence-electron chi connectivity index (χ3n) is 5.51. The van der Waals surface area contributed by atoms with Crippen molar-refractivity contribution in [2.24, 2.45) is 0 Å². The fourth-order valence-corrected chi connectivity index (χ4v) is 4.27. The van der Waals surface area contributed by atoms with E-state index in [2.05, 4.69) is 19.4 Å². The number of amides is 1. The molecule has 3 aromatic rings. The molecule has 4 N–H and O–H groups in total. The highest BCUT2D eigenvalue weighted by Crippen LogP contribution is 2.34. The molecule has 2 aromatic heterocycles. The molecule has 3 heterocycles. The van der Waals surface area contributed by atoms with E-state index in [1.54, 1.807) is 29.4 Å². The number of aryl methyl sites for hydroxylation is 1. The number of likely N-dealkylation sites (tertiary alicyclic amines) is 1. The maximum atomic E-state index is 12.9. The van der Waals surface area contributed by atoms with E-state index < -0.39 is 6.10 Å². The topological polar surface area (TPSA) is 124 Å². The number of phenols is 1. The van der Waals surface area contributed by atoms with Gasteiger partial charge in [-0.3, -0.25) is 4.79 Å². The minimum atomic E-state index is -0.532. The summed E-state index contributed by atoms with van der Waals surface area (Å²) in [4.78, 5) is 14.5. The number of piperidine rings is 1. The normalized spacial score (nSPS) is 17.2. The van der Waals surface area contributed by atoms with E-state index in [0.29, 0.717) is 30.3 Å². The van der Waals surface area contributed by atoms with Crippen LogP contribution >= 0.6 is 11.7 Å². The van der Waals surface area contributed by atoms with Crippen LogP contribution in [0.25, 0.3) is 0 Å². The minimum absolute atomic E-state index is 0.0832. The molecular formula is C22H27N5O4S. The molecule has 170 valence electrons. The van der Waals surface area contributed by atoms with Crippen LogP contribution in [0.15, 0.2) is 34.9 Å². The first kappa shape index (κ1) is 22.1. The summed E-state index contributed by atoms with van der Waals surface area (Å²) in [5, 5.41) is 27.1. The maximum Gasteiger partial charge on any atom is 0.257 e. The molecule has 1 aliphatic rings. The fraction of sp³-hybridized carbons (Fsp3) is 0.409. The van der Waals surface area contributed by atoms with Gasteiger partial charge in [0.2, 0.25) is 0 Å². The third kappa shape index (κ3) is 4.71. The van der Waals surface area contributed by atoms with Crippen molar-refractivity contribution in [3.8, 4) is 5.75 Å². The van der Waals surface area contributed by atoms with Crippen LogP contribution in [0.2, 0.25) is 0 Å². The van der Waals surface area contributed by atoms with Crippen molar-refractivity contribution in [1.29, 1.82) is 0 Å². The zero-order valence-corrected chi connectivity index (χ0v) is 18.9. The lowest BCUT2D eigenvalue weighted by atomic mass is 10.1. The molecule has 10 heteroatoms. The quantitative estimate of drug-likeness (QED) is 0.392. The molecule has 32 heavy (non-hydrogen) atoms. The van der Waals surface area contributed by atoms with Gasteiger partial charge in [0.1, 0.15) is 5.76 Å². The van der Waals surface area contributed by atoms with Gasteiger partial charge in [-0.05, 0) is 49.9 Å². The monoisotopic (exact) mass is 457 g/mol. The van der Waals surface area contributed by atoms with Crippen molar-refractivity contribution in [2.45, 2.75) is 45.3 Å². The van der Waals surface area contributed by atoms with E-state index in [1.165, 1.54) is 0 Å². The van der Waals surface area contributed by atoms with Gasteiger partial charge >= 0.3 is 0 Å². The number of para-hydroxylation sites is 1. The van der Waals surface area contributed by atoms with Gasteiger partial charge < -0.3 is 30.2 Å². The second kappa shape index (κ2) is 9.58. The number of anilines is 3. The number of aliphatic hydroxyl groups is 1. The molecule has 0 bridgehead atoms. The molecule has 2 unspecified atom stereocenters. The Hall–Kier alpha value is -3.11. The van der Waals surface area contributed by atoms with Crippen LogP contribution in [-0.4, -0.2) is 49.0 Å². The van der Waals surface area contributed by atoms with Crippen molar-refractivity contribution in [3.05, 3.63) is 47.4 Å². The number of nitrogens with zero attached hydrogens (tertiary/aromatic N) is 3. The van der Waals surface area contributed by atoms with Gasteiger partial charge in [-0.25, -0.2) is 0 Å². The molecule has 1 amide bonds. The summed E-state index contributed by atoms with van der Waals surface area (Å²) in [6.45, 7) is 4.84. The average Bonchev–Trinajstić information content (AvgIpc) is 3.41. The second-order valence-electron chi connectivity index (χ2n) is 7.97. The van der Waals surface area contributed by atoms with Crippen LogP contribution in [0.4, 0.5) is 17.3 Å². The van der Waals surface area contributed by atoms with Gasteiger partial charge in [0.05, 0.1) is 41.4 Å². The lowest BCUT2D eigenvalue weighted by Crippen LogP contribution is -2.42. The summed E-state index contributed by atoms with van der Waals surface area (Å²) in [6, 6.07) is 6.85. The van der Waals surface area contributed by atoms with Crippen LogP contribution in [0, 0.1) is 6.92 Å². The summed E-state index contributed by atoms with van der Waals surface area (Å²) < 4.78 is 14.3. The Kier molecular flexibility index (Phi) is 6.61. The highest BCUT2D eigenvalue weighted by Gasteiger charge is 2.26. The van der Waals surface area contributed by atoms with E-state index in [-0.39, 0.29) is 29.8 Å². The molecule has 0 saturated carbocycles. The Balaban J connectivity index is 1.52. The summed E-state index contributed by atoms with van der Waals surface area (Å²) >= 11 is 1.04. The standard InChI is InChI=1S/C22H27N5O4S/c1-3-16(18-10-13(2)12-31-18)23-20-21(26-32-25-20)24-17-8-4-7-15(19(17)29)22(30)27-9-5-6-14(28)11-27/h4,7-8,10,12,14,16,28-29H,3,5-6,9,11H2,1-2H3,(H,23,25)(H,24,26). The van der Waals surface area contributed by atoms with Crippen LogP contribution in [-0.2, 0) is 0 Å². The van der Waals surface area contributed by atoms with Crippen LogP contribution < -0.4 is 10.6 Å². The highest BCUT2D eigenvalue weighted by molar-refractivity contribution is 6.99. The largest absolute Gasteiger partial charge is 0.505 e. The van der Waals surface area contributed by atoms with Gasteiger partial charge in [-0.1, -0.05) is 13.0 Å². The van der Waals surface area contributed by atoms with Gasteiger partial charge in [-0.2, -0.15) is 8.75 Å². The van der Waals surface area contributed by atoms with Crippen molar-refractivity contribution in [1.82, 2.24) is 13.6 Å². The van der Waals surface area contributed by atoms with Gasteiger partial charge in [0.25, 0.3) is 5.91 Å². The Bertz CT molecular complexity index is 1080. The lowest BCUT2D eigenvalue weighted by Gasteiger charge is -2.30. The molecule has 1 fully saturated rings. The first-order valence-electron chi connectivity index (χ1n) is 10.7. The molecule has 2 atom stereocenters. The number of β-amino-alcohol motifs (C(OH)–C–C–N with tert-alkyl or cyclic N) is 1. The van der Waals surface area contributed by atoms with Crippen LogP contribution in [0.5, 0.6) is 5.75 Å². The minimum Gasteiger partial charge on any atom is -0.505 e. The number of furan rings is 1. The summed E-state index contributed by atoms with van der Waals surface area (Å²) in [5.74, 6) is 1.32. The predicted molar refractivity (Wildman–Crippen MR) is 123 cm³/mol. The number of aromatic hydroxyl groups is 1. The Morgan fingerprint density at radius 1 is 1.38 bits per heavy atom. The number of carbonyl (C=O) groups excluding carboxylic acids is 1. The van der Waals surface area contributed by atoms with Crippen molar-refractivity contribution >= 4 is 35.0 Å². The van der Waals surface area contributed by atoms with E-state index in [1.807, 2.05) is 19.9 Å². The van der Waals surface area contributed by atoms with E-state index in [0.717, 1.165) is 35.9 Å². The number of hydrogen-bond acceptors (Lipinski definition) is 9. The van der Waals surface area contributed by atoms with E-state index >= 15 is 0 Å². The molecule has 4 rings (SSSR count). The molecule has 1 aliphatic heterocycles. The first-order chi connectivity index (χ1) is 15.5. The fourth-order valence-electron chi connectivity index (χ4n) is 3.79. The number of rotatable bonds is 7. The first-order valence-corrected chi connectivity index (χ1v) is 11.4. The molecular weight excluding hydrogens is 430 g/mol. The van der Waals surface area contributed by atoms with Crippen molar-refractivity contribution in [2.75, 3.05) is 23.7 Å². The number of carbonyl (C=O) groups is 1. The lowest BCUT2D eigenvalue weighted by molar-refractivity contribution is 0.0471. The number of hydrogen-bond donors (Lipinski definition) is 4. The Labute approximate surface area is 190 Å². The number of aliphatic hydroxyl groups excluding tert-OH is 1. The van der Waals surface area contributed by atoms with Crippen LogP contribution in [0.3, 0.4) is 0 Å². The molecule has 1 aromatic carbocycles. The number of aromatic nitrogens is 2. The Morgan fingerprint density at radius 3 is 2.91 bits per heavy atom. The predicted octanol–water partition coefficient (Wildman–Crippen LogP) is 4.05. The highest BCUT2D eigenvalue weighted by atomic mass is 32.1. The summed E-state index contributed by atoms with van der Waals surface area (Å²) in [6.07, 6.45) is 3.37. The smallest absolute Gasteiger partial charge is 0.257 e. The van der Waals surface area contributed by atoms with E-state index in [4.69, 9.17) is 4.42 Å². The van der Waals surface area contributed by atoms with Gasteiger partial charge in [-0.15, -0.1) is 0 Å².